The van der Waals surface area contributed by atoms with Crippen molar-refractivity contribution in [2.75, 3.05) is 24.7 Å². The molecule has 2 N–H and O–H groups in total. The molecule has 0 aliphatic heterocycles. The van der Waals surface area contributed by atoms with Crippen molar-refractivity contribution in [2.45, 2.75) is 17.5 Å². The summed E-state index contributed by atoms with van der Waals surface area (Å²) in [5.41, 5.74) is 5.37. The van der Waals surface area contributed by atoms with Crippen LogP contribution in [0.4, 0.5) is 23.2 Å². The zero-order valence-electron chi connectivity index (χ0n) is 10.3. The summed E-state index contributed by atoms with van der Waals surface area (Å²) in [6.45, 7) is -1.82. The molecular weight excluding hydrogens is 302 g/mol. The van der Waals surface area contributed by atoms with Gasteiger partial charge in [-0.1, -0.05) is 0 Å². The number of alkyl halides is 3. The van der Waals surface area contributed by atoms with Crippen molar-refractivity contribution >= 4 is 15.5 Å². The number of anilines is 1. The third-order valence-electron chi connectivity index (χ3n) is 2.26. The number of nitrogen functional groups attached to an aromatic ring is 1. The van der Waals surface area contributed by atoms with Gasteiger partial charge < -0.3 is 10.5 Å². The molecular formula is C11H13F4NO3S. The highest BCUT2D eigenvalue weighted by atomic mass is 32.2. The van der Waals surface area contributed by atoms with E-state index in [1.54, 1.807) is 0 Å². The van der Waals surface area contributed by atoms with Crippen molar-refractivity contribution in [3.05, 3.63) is 24.0 Å². The largest absolute Gasteiger partial charge is 0.411 e. The first-order valence-corrected chi connectivity index (χ1v) is 7.19. The summed E-state index contributed by atoms with van der Waals surface area (Å²) in [4.78, 5) is -0.525. The van der Waals surface area contributed by atoms with Gasteiger partial charge in [0.1, 0.15) is 17.3 Å². The van der Waals surface area contributed by atoms with Crippen LogP contribution in [-0.2, 0) is 14.6 Å². The predicted octanol–water partition coefficient (Wildman–Crippen LogP) is 2.15. The Morgan fingerprint density at radius 2 is 1.90 bits per heavy atom. The minimum atomic E-state index is -4.46. The predicted molar refractivity (Wildman–Crippen MR) is 64.4 cm³/mol. The maximum absolute atomic E-state index is 13.4. The fourth-order valence-corrected chi connectivity index (χ4v) is 2.77. The minimum absolute atomic E-state index is 0.0787. The Hall–Kier alpha value is -1.35. The summed E-state index contributed by atoms with van der Waals surface area (Å²) in [5, 5.41) is 0. The molecule has 1 aromatic carbocycles. The monoisotopic (exact) mass is 315 g/mol. The molecule has 0 saturated carbocycles. The number of ether oxygens (including phenoxy) is 1. The maximum Gasteiger partial charge on any atom is 0.411 e. The van der Waals surface area contributed by atoms with Crippen LogP contribution < -0.4 is 5.73 Å². The first kappa shape index (κ1) is 16.7. The molecule has 0 saturated heterocycles. The van der Waals surface area contributed by atoms with Gasteiger partial charge >= 0.3 is 6.18 Å². The van der Waals surface area contributed by atoms with Gasteiger partial charge in [-0.2, -0.15) is 13.2 Å². The molecule has 1 rings (SSSR count). The minimum Gasteiger partial charge on any atom is -0.399 e. The van der Waals surface area contributed by atoms with E-state index in [9.17, 15) is 26.0 Å². The van der Waals surface area contributed by atoms with E-state index in [2.05, 4.69) is 4.74 Å². The lowest BCUT2D eigenvalue weighted by molar-refractivity contribution is -0.173. The van der Waals surface area contributed by atoms with Gasteiger partial charge in [0, 0.05) is 12.3 Å². The van der Waals surface area contributed by atoms with Crippen LogP contribution in [-0.4, -0.2) is 33.6 Å². The molecule has 0 heterocycles. The van der Waals surface area contributed by atoms with Crippen LogP contribution in [0.5, 0.6) is 0 Å². The average molecular weight is 315 g/mol. The van der Waals surface area contributed by atoms with Crippen molar-refractivity contribution in [3.63, 3.8) is 0 Å². The van der Waals surface area contributed by atoms with Gasteiger partial charge in [-0.05, 0) is 24.6 Å². The summed E-state index contributed by atoms with van der Waals surface area (Å²) in [5.74, 6) is -1.49. The fraction of sp³-hybridized carbons (Fsp3) is 0.455. The van der Waals surface area contributed by atoms with E-state index in [0.29, 0.717) is 0 Å². The quantitative estimate of drug-likeness (QED) is 0.496. The second kappa shape index (κ2) is 6.40. The van der Waals surface area contributed by atoms with E-state index >= 15 is 0 Å². The van der Waals surface area contributed by atoms with Crippen molar-refractivity contribution in [3.8, 4) is 0 Å². The smallest absolute Gasteiger partial charge is 0.399 e. The number of hydrogen-bond donors (Lipinski definition) is 1. The summed E-state index contributed by atoms with van der Waals surface area (Å²) >= 11 is 0. The van der Waals surface area contributed by atoms with Crippen LogP contribution in [0.3, 0.4) is 0 Å². The molecule has 0 aromatic heterocycles. The van der Waals surface area contributed by atoms with Gasteiger partial charge in [-0.15, -0.1) is 0 Å². The second-order valence-corrected chi connectivity index (χ2v) is 6.11. The van der Waals surface area contributed by atoms with Crippen LogP contribution >= 0.6 is 0 Å². The lowest BCUT2D eigenvalue weighted by Crippen LogP contribution is -2.18. The van der Waals surface area contributed by atoms with E-state index in [-0.39, 0.29) is 18.7 Å². The number of rotatable bonds is 6. The van der Waals surface area contributed by atoms with Gasteiger partial charge in [0.05, 0.1) is 5.75 Å². The molecule has 9 heteroatoms. The lowest BCUT2D eigenvalue weighted by Gasteiger charge is -2.08. The van der Waals surface area contributed by atoms with Gasteiger partial charge in [0.25, 0.3) is 0 Å². The van der Waals surface area contributed by atoms with E-state index in [0.717, 1.165) is 12.1 Å². The lowest BCUT2D eigenvalue weighted by atomic mass is 10.3. The fourth-order valence-electron chi connectivity index (χ4n) is 1.42. The van der Waals surface area contributed by atoms with E-state index < -0.39 is 39.1 Å². The highest BCUT2D eigenvalue weighted by Gasteiger charge is 2.27. The van der Waals surface area contributed by atoms with E-state index in [1.807, 2.05) is 0 Å². The Balaban J connectivity index is 2.54. The SMILES string of the molecule is Nc1ccc(S(=O)(=O)CCCOCC(F)(F)F)c(F)c1. The molecule has 4 nitrogen and oxygen atoms in total. The van der Waals surface area contributed by atoms with Crippen LogP contribution in [0, 0.1) is 5.82 Å². The molecule has 0 aliphatic carbocycles. The zero-order chi connectivity index (χ0) is 15.4. The van der Waals surface area contributed by atoms with Crippen LogP contribution in [0.25, 0.3) is 0 Å². The molecule has 0 radical (unpaired) electrons. The maximum atomic E-state index is 13.4. The van der Waals surface area contributed by atoms with Crippen molar-refractivity contribution in [2.24, 2.45) is 0 Å². The normalized spacial score (nSPS) is 12.6. The Morgan fingerprint density at radius 1 is 1.25 bits per heavy atom. The Bertz CT molecular complexity index is 557. The second-order valence-electron chi connectivity index (χ2n) is 4.03. The molecule has 0 aliphatic rings. The Morgan fingerprint density at radius 3 is 2.45 bits per heavy atom. The summed E-state index contributed by atoms with van der Waals surface area (Å²) < 4.78 is 76.5. The molecule has 0 unspecified atom stereocenters. The van der Waals surface area contributed by atoms with Gasteiger partial charge in [0.2, 0.25) is 0 Å². The molecule has 0 bridgehead atoms. The zero-order valence-corrected chi connectivity index (χ0v) is 11.1. The third-order valence-corrected chi connectivity index (χ3v) is 4.09. The topological polar surface area (TPSA) is 69.4 Å². The number of halogens is 4. The summed E-state index contributed by atoms with van der Waals surface area (Å²) in [7, 11) is -3.92. The molecule has 1 aromatic rings. The van der Waals surface area contributed by atoms with E-state index in [4.69, 9.17) is 5.73 Å². The Labute approximate surface area is 113 Å². The number of benzene rings is 1. The van der Waals surface area contributed by atoms with Crippen LogP contribution in [0.2, 0.25) is 0 Å². The van der Waals surface area contributed by atoms with Gasteiger partial charge in [-0.25, -0.2) is 12.8 Å². The summed E-state index contributed by atoms with van der Waals surface area (Å²) in [6, 6.07) is 3.12. The average Bonchev–Trinajstić information content (AvgIpc) is 2.26. The van der Waals surface area contributed by atoms with Crippen molar-refractivity contribution < 1.29 is 30.7 Å². The highest BCUT2D eigenvalue weighted by Crippen LogP contribution is 2.19. The van der Waals surface area contributed by atoms with Crippen molar-refractivity contribution in [1.82, 2.24) is 0 Å². The molecule has 0 fully saturated rings. The van der Waals surface area contributed by atoms with Crippen LogP contribution in [0.15, 0.2) is 23.1 Å². The van der Waals surface area contributed by atoms with Crippen molar-refractivity contribution in [1.29, 1.82) is 0 Å². The van der Waals surface area contributed by atoms with E-state index in [1.165, 1.54) is 6.07 Å². The molecule has 0 spiro atoms. The first-order chi connectivity index (χ1) is 9.12. The Kier molecular flexibility index (Phi) is 5.35. The van der Waals surface area contributed by atoms with Gasteiger partial charge in [-0.3, -0.25) is 0 Å². The highest BCUT2D eigenvalue weighted by molar-refractivity contribution is 7.91. The van der Waals surface area contributed by atoms with Gasteiger partial charge in [0.15, 0.2) is 9.84 Å². The van der Waals surface area contributed by atoms with Crippen LogP contribution in [0.1, 0.15) is 6.42 Å². The third kappa shape index (κ3) is 5.33. The molecule has 0 amide bonds. The molecule has 114 valence electrons. The molecule has 0 atom stereocenters. The molecule has 20 heavy (non-hydrogen) atoms. The summed E-state index contributed by atoms with van der Waals surface area (Å²) in [6.07, 6.45) is -4.62. The number of sulfone groups is 1. The standard InChI is InChI=1S/C11H13F4NO3S/c12-9-6-8(16)2-3-10(9)20(17,18)5-1-4-19-7-11(13,14)15/h2-3,6H,1,4-5,7,16H2. The number of hydrogen-bond acceptors (Lipinski definition) is 4. The number of nitrogens with two attached hydrogens (primary N) is 1. The first-order valence-electron chi connectivity index (χ1n) is 5.54.